The van der Waals surface area contributed by atoms with E-state index in [0.29, 0.717) is 26.2 Å². The van der Waals surface area contributed by atoms with Crippen LogP contribution in [0.5, 0.6) is 0 Å². The highest BCUT2D eigenvalue weighted by molar-refractivity contribution is 7.10. The van der Waals surface area contributed by atoms with Gasteiger partial charge in [-0.3, -0.25) is 0 Å². The van der Waals surface area contributed by atoms with Crippen LogP contribution in [0.15, 0.2) is 35.8 Å². The van der Waals surface area contributed by atoms with E-state index in [-0.39, 0.29) is 12.1 Å². The minimum Gasteiger partial charge on any atom is -0.369 e. The number of carbonyl (C=O) groups is 1. The van der Waals surface area contributed by atoms with Crippen molar-refractivity contribution in [3.05, 3.63) is 46.3 Å². The third-order valence-corrected chi connectivity index (χ3v) is 4.89. The minimum atomic E-state index is -0.0527. The Kier molecular flexibility index (Phi) is 5.32. The van der Waals surface area contributed by atoms with Gasteiger partial charge < -0.3 is 19.9 Å². The van der Waals surface area contributed by atoms with Crippen LogP contribution in [-0.2, 0) is 11.3 Å². The molecule has 0 spiro atoms. The topological polar surface area (TPSA) is 57.7 Å². The molecule has 0 bridgehead atoms. The zero-order valence-electron chi connectivity index (χ0n) is 13.9. The summed E-state index contributed by atoms with van der Waals surface area (Å²) in [7, 11) is 3.90. The van der Waals surface area contributed by atoms with E-state index < -0.39 is 0 Å². The number of hydrogen-bond acceptors (Lipinski definition) is 5. The number of pyridine rings is 1. The number of hydrogen-bond donors (Lipinski definition) is 1. The van der Waals surface area contributed by atoms with E-state index in [2.05, 4.69) is 16.4 Å². The maximum atomic E-state index is 12.4. The molecule has 0 saturated carbocycles. The number of nitrogens with zero attached hydrogens (tertiary/aromatic N) is 3. The van der Waals surface area contributed by atoms with Gasteiger partial charge in [0.25, 0.3) is 0 Å². The van der Waals surface area contributed by atoms with Crippen LogP contribution in [-0.4, -0.2) is 49.7 Å². The fraction of sp³-hybridized carbons (Fsp3) is 0.412. The predicted molar refractivity (Wildman–Crippen MR) is 95.4 cm³/mol. The molecule has 0 radical (unpaired) electrons. The first kappa shape index (κ1) is 16.7. The monoisotopic (exact) mass is 346 g/mol. The maximum Gasteiger partial charge on any atom is 0.317 e. The highest BCUT2D eigenvalue weighted by Gasteiger charge is 2.25. The molecule has 0 aromatic carbocycles. The molecule has 1 atom stereocenters. The molecule has 1 aliphatic heterocycles. The zero-order valence-corrected chi connectivity index (χ0v) is 14.8. The molecule has 3 heterocycles. The lowest BCUT2D eigenvalue weighted by molar-refractivity contribution is -0.0136. The third-order valence-electron chi connectivity index (χ3n) is 3.93. The first-order valence-corrected chi connectivity index (χ1v) is 8.81. The van der Waals surface area contributed by atoms with Crippen molar-refractivity contribution in [2.75, 3.05) is 38.7 Å². The molecule has 1 N–H and O–H groups in total. The summed E-state index contributed by atoms with van der Waals surface area (Å²) < 4.78 is 5.78. The maximum absolute atomic E-state index is 12.4. The van der Waals surface area contributed by atoms with Gasteiger partial charge in [0, 0.05) is 38.3 Å². The molecule has 3 rings (SSSR count). The summed E-state index contributed by atoms with van der Waals surface area (Å²) in [6.07, 6.45) is 1.74. The molecule has 6 nitrogen and oxygen atoms in total. The average molecular weight is 346 g/mol. The van der Waals surface area contributed by atoms with Gasteiger partial charge in [0.05, 0.1) is 13.2 Å². The second-order valence-corrected chi connectivity index (χ2v) is 6.88. The van der Waals surface area contributed by atoms with E-state index in [4.69, 9.17) is 4.74 Å². The van der Waals surface area contributed by atoms with E-state index in [0.717, 1.165) is 16.3 Å². The molecule has 128 valence electrons. The number of thiophene rings is 1. The number of aromatic nitrogens is 1. The Balaban J connectivity index is 1.56. The number of ether oxygens (including phenoxy) is 1. The Bertz CT molecular complexity index is 675. The van der Waals surface area contributed by atoms with Gasteiger partial charge >= 0.3 is 6.03 Å². The van der Waals surface area contributed by atoms with E-state index in [1.165, 1.54) is 0 Å². The van der Waals surface area contributed by atoms with Gasteiger partial charge in [-0.05, 0) is 29.1 Å². The number of rotatable bonds is 4. The quantitative estimate of drug-likeness (QED) is 0.924. The fourth-order valence-electron chi connectivity index (χ4n) is 2.58. The van der Waals surface area contributed by atoms with E-state index >= 15 is 0 Å². The van der Waals surface area contributed by atoms with Gasteiger partial charge in [0.15, 0.2) is 0 Å². The molecule has 1 unspecified atom stereocenters. The molecule has 1 aliphatic rings. The molecule has 1 saturated heterocycles. The van der Waals surface area contributed by atoms with Crippen molar-refractivity contribution >= 4 is 23.2 Å². The van der Waals surface area contributed by atoms with Gasteiger partial charge in [-0.15, -0.1) is 11.3 Å². The summed E-state index contributed by atoms with van der Waals surface area (Å²) in [6, 6.07) is 7.91. The summed E-state index contributed by atoms with van der Waals surface area (Å²) in [4.78, 5) is 21.7. The van der Waals surface area contributed by atoms with Crippen LogP contribution in [0.3, 0.4) is 0 Å². The van der Waals surface area contributed by atoms with Crippen molar-refractivity contribution in [1.29, 1.82) is 0 Å². The Morgan fingerprint density at radius 1 is 1.50 bits per heavy atom. The lowest BCUT2D eigenvalue weighted by Crippen LogP contribution is -2.46. The third kappa shape index (κ3) is 4.04. The zero-order chi connectivity index (χ0) is 16.9. The van der Waals surface area contributed by atoms with Crippen LogP contribution in [0.2, 0.25) is 0 Å². The first-order chi connectivity index (χ1) is 11.6. The molecule has 7 heteroatoms. The fourth-order valence-corrected chi connectivity index (χ4v) is 3.35. The van der Waals surface area contributed by atoms with Crippen molar-refractivity contribution in [1.82, 2.24) is 15.2 Å². The molecule has 2 aromatic heterocycles. The Morgan fingerprint density at radius 3 is 3.12 bits per heavy atom. The molecular weight excluding hydrogens is 324 g/mol. The summed E-state index contributed by atoms with van der Waals surface area (Å²) in [6.45, 7) is 2.26. The van der Waals surface area contributed by atoms with Crippen molar-refractivity contribution < 1.29 is 9.53 Å². The molecule has 2 amide bonds. The van der Waals surface area contributed by atoms with Crippen LogP contribution in [0, 0.1) is 0 Å². The van der Waals surface area contributed by atoms with Gasteiger partial charge in [-0.25, -0.2) is 9.78 Å². The Labute approximate surface area is 146 Å². The molecular formula is C17H22N4O2S. The highest BCUT2D eigenvalue weighted by atomic mass is 32.1. The summed E-state index contributed by atoms with van der Waals surface area (Å²) in [5.41, 5.74) is 1.03. The normalized spacial score (nSPS) is 17.6. The van der Waals surface area contributed by atoms with Crippen LogP contribution in [0.1, 0.15) is 16.5 Å². The van der Waals surface area contributed by atoms with Crippen molar-refractivity contribution in [2.45, 2.75) is 12.6 Å². The highest BCUT2D eigenvalue weighted by Crippen LogP contribution is 2.26. The average Bonchev–Trinajstić information content (AvgIpc) is 3.15. The summed E-state index contributed by atoms with van der Waals surface area (Å²) in [5.74, 6) is 0.880. The lowest BCUT2D eigenvalue weighted by Gasteiger charge is -2.32. The van der Waals surface area contributed by atoms with Gasteiger partial charge in [-0.2, -0.15) is 0 Å². The predicted octanol–water partition coefficient (Wildman–Crippen LogP) is 2.49. The van der Waals surface area contributed by atoms with E-state index in [9.17, 15) is 4.79 Å². The largest absolute Gasteiger partial charge is 0.369 e. The standard InChI is InChI=1S/C17H22N4O2S/c1-20(2)16-10-13(5-6-18-16)11-19-17(22)21-7-8-23-14(12-21)15-4-3-9-24-15/h3-6,9-10,14H,7-8,11-12H2,1-2H3,(H,19,22). The van der Waals surface area contributed by atoms with Crippen molar-refractivity contribution in [3.8, 4) is 0 Å². The number of amides is 2. The summed E-state index contributed by atoms with van der Waals surface area (Å²) >= 11 is 1.66. The SMILES string of the molecule is CN(C)c1cc(CNC(=O)N2CCOC(c3cccs3)C2)ccn1. The molecule has 0 aliphatic carbocycles. The molecule has 24 heavy (non-hydrogen) atoms. The summed E-state index contributed by atoms with van der Waals surface area (Å²) in [5, 5.41) is 5.02. The molecule has 2 aromatic rings. The number of morpholine rings is 1. The van der Waals surface area contributed by atoms with Crippen LogP contribution < -0.4 is 10.2 Å². The van der Waals surface area contributed by atoms with Crippen LogP contribution >= 0.6 is 11.3 Å². The number of anilines is 1. The van der Waals surface area contributed by atoms with Gasteiger partial charge in [0.2, 0.25) is 0 Å². The second kappa shape index (κ2) is 7.63. The number of carbonyl (C=O) groups excluding carboxylic acids is 1. The number of urea groups is 1. The lowest BCUT2D eigenvalue weighted by atomic mass is 10.2. The second-order valence-electron chi connectivity index (χ2n) is 5.90. The number of nitrogens with one attached hydrogen (secondary N) is 1. The van der Waals surface area contributed by atoms with E-state index in [1.807, 2.05) is 47.5 Å². The van der Waals surface area contributed by atoms with Crippen molar-refractivity contribution in [3.63, 3.8) is 0 Å². The smallest absolute Gasteiger partial charge is 0.317 e. The van der Waals surface area contributed by atoms with Crippen molar-refractivity contribution in [2.24, 2.45) is 0 Å². The Hall–Kier alpha value is -2.12. The molecule has 1 fully saturated rings. The van der Waals surface area contributed by atoms with Crippen LogP contribution in [0.4, 0.5) is 10.6 Å². The van der Waals surface area contributed by atoms with Gasteiger partial charge in [0.1, 0.15) is 11.9 Å². The van der Waals surface area contributed by atoms with E-state index in [1.54, 1.807) is 17.5 Å². The van der Waals surface area contributed by atoms with Gasteiger partial charge in [-0.1, -0.05) is 6.07 Å². The first-order valence-electron chi connectivity index (χ1n) is 7.93. The minimum absolute atomic E-state index is 0.0224. The van der Waals surface area contributed by atoms with Crippen LogP contribution in [0.25, 0.3) is 0 Å². The Morgan fingerprint density at radius 2 is 2.38 bits per heavy atom.